The second-order valence-electron chi connectivity index (χ2n) is 11.2. The van der Waals surface area contributed by atoms with E-state index in [0.717, 1.165) is 10.0 Å². The summed E-state index contributed by atoms with van der Waals surface area (Å²) in [6.45, 7) is 0.419. The van der Waals surface area contributed by atoms with Crippen molar-refractivity contribution in [3.63, 3.8) is 0 Å². The van der Waals surface area contributed by atoms with E-state index in [2.05, 4.69) is 41.5 Å². The zero-order valence-electron chi connectivity index (χ0n) is 26.4. The standard InChI is InChI=1S/C35H32BrF3N6O5/c36-27-12-6-23(7-13-27)20-34(33(47)44-41-21-24-8-14-29(15-9-24)50-35(37,38)39)31(30-5-2-1-4-26(30)22-42-45-40)49-32(43-34)25-10-16-28(17-11-25)48-19-3-18-46/h1-2,4-17,31,41,46H,3,18-22H2,(H,44,47)/t31-,34-/m0/s1. The maximum Gasteiger partial charge on any atom is 0.573 e. The molecule has 0 saturated carbocycles. The fourth-order valence-corrected chi connectivity index (χ4v) is 5.62. The van der Waals surface area contributed by atoms with Crippen LogP contribution in [0.3, 0.4) is 0 Å². The highest BCUT2D eigenvalue weighted by Gasteiger charge is 2.54. The first-order valence-electron chi connectivity index (χ1n) is 15.4. The summed E-state index contributed by atoms with van der Waals surface area (Å²) in [6.07, 6.45) is -5.21. The van der Waals surface area contributed by atoms with Crippen molar-refractivity contribution in [2.75, 3.05) is 13.2 Å². The van der Waals surface area contributed by atoms with Gasteiger partial charge in [-0.2, -0.15) is 0 Å². The second kappa shape index (κ2) is 16.5. The number of hydrogen-bond donors (Lipinski definition) is 3. The smallest absolute Gasteiger partial charge is 0.494 e. The number of carbonyl (C=O) groups excluding carboxylic acids is 1. The van der Waals surface area contributed by atoms with Crippen LogP contribution < -0.4 is 20.3 Å². The molecule has 0 aromatic heterocycles. The predicted molar refractivity (Wildman–Crippen MR) is 182 cm³/mol. The summed E-state index contributed by atoms with van der Waals surface area (Å²) in [5, 5.41) is 12.8. The van der Waals surface area contributed by atoms with Crippen LogP contribution in [0.2, 0.25) is 0 Å². The van der Waals surface area contributed by atoms with Gasteiger partial charge < -0.3 is 19.3 Å². The highest BCUT2D eigenvalue weighted by molar-refractivity contribution is 9.10. The Labute approximate surface area is 293 Å². The van der Waals surface area contributed by atoms with E-state index >= 15 is 0 Å². The fourth-order valence-electron chi connectivity index (χ4n) is 5.36. The molecule has 0 fully saturated rings. The summed E-state index contributed by atoms with van der Waals surface area (Å²) in [7, 11) is 0. The molecule has 5 rings (SSSR count). The number of hydrogen-bond acceptors (Lipinski definition) is 8. The molecule has 2 atom stereocenters. The van der Waals surface area contributed by atoms with Crippen LogP contribution in [-0.4, -0.2) is 42.0 Å². The van der Waals surface area contributed by atoms with Gasteiger partial charge in [0.25, 0.3) is 5.91 Å². The number of ether oxygens (including phenoxy) is 3. The zero-order valence-corrected chi connectivity index (χ0v) is 28.0. The van der Waals surface area contributed by atoms with Gasteiger partial charge in [0.2, 0.25) is 5.90 Å². The molecule has 11 nitrogen and oxygen atoms in total. The van der Waals surface area contributed by atoms with Crippen molar-refractivity contribution in [2.24, 2.45) is 10.1 Å². The number of rotatable bonds is 15. The zero-order chi connectivity index (χ0) is 35.6. The van der Waals surface area contributed by atoms with E-state index in [4.69, 9.17) is 25.1 Å². The third kappa shape index (κ3) is 9.33. The Hall–Kier alpha value is -5.08. The van der Waals surface area contributed by atoms with Gasteiger partial charge >= 0.3 is 6.36 Å². The summed E-state index contributed by atoms with van der Waals surface area (Å²) < 4.78 is 54.9. The maximum absolute atomic E-state index is 14.5. The van der Waals surface area contributed by atoms with E-state index in [9.17, 15) is 18.0 Å². The van der Waals surface area contributed by atoms with Crippen molar-refractivity contribution in [1.82, 2.24) is 10.9 Å². The van der Waals surface area contributed by atoms with Gasteiger partial charge in [-0.3, -0.25) is 10.2 Å². The van der Waals surface area contributed by atoms with Crippen LogP contribution in [-0.2, 0) is 29.0 Å². The fraction of sp³-hybridized carbons (Fsp3) is 0.257. The molecule has 0 radical (unpaired) electrons. The predicted octanol–water partition coefficient (Wildman–Crippen LogP) is 7.24. The van der Waals surface area contributed by atoms with Gasteiger partial charge in [0, 0.05) is 40.9 Å². The lowest BCUT2D eigenvalue weighted by molar-refractivity contribution is -0.274. The van der Waals surface area contributed by atoms with E-state index in [-0.39, 0.29) is 37.8 Å². The van der Waals surface area contributed by atoms with Gasteiger partial charge in [0.1, 0.15) is 11.5 Å². The highest BCUT2D eigenvalue weighted by Crippen LogP contribution is 2.44. The van der Waals surface area contributed by atoms with Gasteiger partial charge in [-0.1, -0.05) is 69.6 Å². The molecule has 0 bridgehead atoms. The van der Waals surface area contributed by atoms with Crippen LogP contribution in [0, 0.1) is 0 Å². The summed E-state index contributed by atoms with van der Waals surface area (Å²) in [4.78, 5) is 22.4. The number of hydrazine groups is 1. The third-order valence-corrected chi connectivity index (χ3v) is 8.24. The number of nitrogens with zero attached hydrogens (tertiary/aromatic N) is 4. The Balaban J connectivity index is 1.51. The average molecular weight is 754 g/mol. The Bertz CT molecular complexity index is 1840. The van der Waals surface area contributed by atoms with Gasteiger partial charge in [-0.25, -0.2) is 10.4 Å². The minimum Gasteiger partial charge on any atom is -0.494 e. The van der Waals surface area contributed by atoms with Crippen LogP contribution in [0.15, 0.2) is 112 Å². The lowest BCUT2D eigenvalue weighted by Crippen LogP contribution is -2.53. The SMILES string of the molecule is [N-]=[N+]=NCc1ccccc1[C@@H]1OC(c2ccc(OCCCO)cc2)=N[C@]1(Cc1ccc(Br)cc1)C(=O)NNCc1ccc(OC(F)(F)F)cc1. The molecular weight excluding hydrogens is 721 g/mol. The number of aliphatic imine (C=N–C) groups is 1. The molecule has 260 valence electrons. The molecule has 0 saturated heterocycles. The summed E-state index contributed by atoms with van der Waals surface area (Å²) in [5.41, 5.74) is 16.3. The van der Waals surface area contributed by atoms with Crippen LogP contribution in [0.5, 0.6) is 11.5 Å². The first-order valence-corrected chi connectivity index (χ1v) is 16.2. The van der Waals surface area contributed by atoms with Crippen LogP contribution in [0.4, 0.5) is 13.2 Å². The molecule has 3 N–H and O–H groups in total. The summed E-state index contributed by atoms with van der Waals surface area (Å²) in [6, 6.07) is 26.9. The molecule has 0 unspecified atom stereocenters. The van der Waals surface area contributed by atoms with Crippen LogP contribution >= 0.6 is 15.9 Å². The molecule has 1 heterocycles. The van der Waals surface area contributed by atoms with Crippen molar-refractivity contribution < 1.29 is 37.3 Å². The lowest BCUT2D eigenvalue weighted by atomic mass is 9.81. The quantitative estimate of drug-likeness (QED) is 0.0383. The number of azide groups is 1. The number of amides is 1. The van der Waals surface area contributed by atoms with E-state index < -0.39 is 23.9 Å². The largest absolute Gasteiger partial charge is 0.573 e. The Morgan fingerprint density at radius 2 is 1.68 bits per heavy atom. The van der Waals surface area contributed by atoms with Gasteiger partial charge in [-0.15, -0.1) is 13.2 Å². The molecule has 4 aromatic carbocycles. The number of alkyl halides is 3. The molecule has 1 amide bonds. The third-order valence-electron chi connectivity index (χ3n) is 7.71. The van der Waals surface area contributed by atoms with E-state index in [0.29, 0.717) is 41.0 Å². The minimum atomic E-state index is -4.81. The highest BCUT2D eigenvalue weighted by atomic mass is 79.9. The van der Waals surface area contributed by atoms with Gasteiger partial charge in [0.05, 0.1) is 13.2 Å². The minimum absolute atomic E-state index is 0.00399. The molecular formula is C35H32BrF3N6O5. The van der Waals surface area contributed by atoms with E-state index in [1.54, 1.807) is 48.5 Å². The summed E-state index contributed by atoms with van der Waals surface area (Å²) in [5.74, 6) is -0.128. The molecule has 1 aliphatic heterocycles. The first kappa shape index (κ1) is 36.2. The maximum atomic E-state index is 14.5. The lowest BCUT2D eigenvalue weighted by Gasteiger charge is -2.32. The van der Waals surface area contributed by atoms with Crippen molar-refractivity contribution in [3.8, 4) is 11.5 Å². The topological polar surface area (TPSA) is 150 Å². The molecule has 0 aliphatic carbocycles. The molecule has 0 spiro atoms. The van der Waals surface area contributed by atoms with Crippen molar-refractivity contribution in [1.29, 1.82) is 0 Å². The van der Waals surface area contributed by atoms with Crippen molar-refractivity contribution in [2.45, 2.75) is 43.9 Å². The van der Waals surface area contributed by atoms with Crippen LogP contribution in [0.25, 0.3) is 10.4 Å². The van der Waals surface area contributed by atoms with E-state index in [1.807, 2.05) is 24.3 Å². The molecule has 1 aliphatic rings. The Morgan fingerprint density at radius 3 is 2.36 bits per heavy atom. The number of aliphatic hydroxyl groups is 1. The summed E-state index contributed by atoms with van der Waals surface area (Å²) >= 11 is 3.46. The van der Waals surface area contributed by atoms with Crippen molar-refractivity contribution >= 4 is 27.7 Å². The number of halogens is 4. The number of carbonyl (C=O) groups is 1. The van der Waals surface area contributed by atoms with Gasteiger partial charge in [0.15, 0.2) is 11.6 Å². The number of aliphatic hydroxyl groups excluding tert-OH is 1. The second-order valence-corrected chi connectivity index (χ2v) is 12.1. The van der Waals surface area contributed by atoms with Gasteiger partial charge in [-0.05, 0) is 76.3 Å². The normalized spacial score (nSPS) is 16.9. The Morgan fingerprint density at radius 1 is 1.00 bits per heavy atom. The van der Waals surface area contributed by atoms with Crippen molar-refractivity contribution in [3.05, 3.63) is 140 Å². The number of benzene rings is 4. The van der Waals surface area contributed by atoms with E-state index in [1.165, 1.54) is 24.3 Å². The molecule has 50 heavy (non-hydrogen) atoms. The van der Waals surface area contributed by atoms with Crippen LogP contribution in [0.1, 0.15) is 40.3 Å². The molecule has 4 aromatic rings. The monoisotopic (exact) mass is 752 g/mol. The average Bonchev–Trinajstić information content (AvgIpc) is 3.49. The first-order chi connectivity index (χ1) is 24.1. The number of nitrogens with one attached hydrogen (secondary N) is 2. The molecule has 15 heteroatoms. The Kier molecular flexibility index (Phi) is 12.0.